The third kappa shape index (κ3) is 2.11. The number of benzene rings is 1. The van der Waals surface area contributed by atoms with Crippen LogP contribution in [0.2, 0.25) is 0 Å². The fraction of sp³-hybridized carbons (Fsp3) is 0.143. The van der Waals surface area contributed by atoms with Gasteiger partial charge in [0.15, 0.2) is 5.82 Å². The number of nitrogen functional groups attached to an aromatic ring is 1. The monoisotopic (exact) mass is 238 g/mol. The van der Waals surface area contributed by atoms with Crippen LogP contribution in [-0.2, 0) is 0 Å². The molecule has 0 atom stereocenters. The first-order valence-electron chi connectivity index (χ1n) is 5.58. The molecule has 2 rings (SSSR count). The second-order valence-corrected chi connectivity index (χ2v) is 4.11. The maximum Gasteiger partial charge on any atom is 0.157 e. The molecule has 4 nitrogen and oxygen atoms in total. The molecule has 18 heavy (non-hydrogen) atoms. The molecule has 0 aliphatic rings. The number of pyridine rings is 1. The van der Waals surface area contributed by atoms with Crippen molar-refractivity contribution in [3.05, 3.63) is 47.7 Å². The van der Waals surface area contributed by atoms with E-state index in [1.54, 1.807) is 12.3 Å². The molecule has 2 aromatic rings. The van der Waals surface area contributed by atoms with E-state index in [4.69, 9.17) is 11.0 Å². The van der Waals surface area contributed by atoms with Gasteiger partial charge in [0.1, 0.15) is 6.07 Å². The molecule has 1 aromatic heterocycles. The van der Waals surface area contributed by atoms with Crippen LogP contribution in [0.1, 0.15) is 11.1 Å². The van der Waals surface area contributed by atoms with Crippen LogP contribution in [0.15, 0.2) is 36.5 Å². The molecule has 0 bridgehead atoms. The Morgan fingerprint density at radius 1 is 1.33 bits per heavy atom. The summed E-state index contributed by atoms with van der Waals surface area (Å²) in [6.07, 6.45) is 1.59. The Morgan fingerprint density at radius 3 is 2.78 bits per heavy atom. The lowest BCUT2D eigenvalue weighted by Gasteiger charge is -2.20. The van der Waals surface area contributed by atoms with Gasteiger partial charge in [0.25, 0.3) is 0 Å². The standard InChI is InChI=1S/C14H14N4/c1-10-4-3-5-12(8-10)18(2)14-13(16)11(9-15)6-7-17-14/h3-8H,16H2,1-2H3. The van der Waals surface area contributed by atoms with Gasteiger partial charge in [-0.3, -0.25) is 0 Å². The summed E-state index contributed by atoms with van der Waals surface area (Å²) >= 11 is 0. The first-order valence-corrected chi connectivity index (χ1v) is 5.58. The van der Waals surface area contributed by atoms with E-state index in [0.717, 1.165) is 11.3 Å². The van der Waals surface area contributed by atoms with Gasteiger partial charge in [-0.1, -0.05) is 12.1 Å². The van der Waals surface area contributed by atoms with E-state index in [9.17, 15) is 0 Å². The molecular formula is C14H14N4. The number of nitriles is 1. The van der Waals surface area contributed by atoms with Gasteiger partial charge < -0.3 is 10.6 Å². The van der Waals surface area contributed by atoms with Gasteiger partial charge in [-0.25, -0.2) is 4.98 Å². The summed E-state index contributed by atoms with van der Waals surface area (Å²) in [6.45, 7) is 2.03. The molecule has 90 valence electrons. The molecule has 2 N–H and O–H groups in total. The minimum atomic E-state index is 0.406. The number of aryl methyl sites for hydroxylation is 1. The molecule has 0 aliphatic heterocycles. The summed E-state index contributed by atoms with van der Waals surface area (Å²) in [5.74, 6) is 0.597. The fourth-order valence-electron chi connectivity index (χ4n) is 1.79. The minimum absolute atomic E-state index is 0.406. The molecule has 1 heterocycles. The lowest BCUT2D eigenvalue weighted by molar-refractivity contribution is 1.12. The Labute approximate surface area is 106 Å². The highest BCUT2D eigenvalue weighted by Crippen LogP contribution is 2.28. The fourth-order valence-corrected chi connectivity index (χ4v) is 1.79. The predicted octanol–water partition coefficient (Wildman–Crippen LogP) is 2.61. The minimum Gasteiger partial charge on any atom is -0.395 e. The number of nitrogens with zero attached hydrogens (tertiary/aromatic N) is 3. The molecule has 0 amide bonds. The van der Waals surface area contributed by atoms with Gasteiger partial charge in [0.05, 0.1) is 11.3 Å². The van der Waals surface area contributed by atoms with Crippen molar-refractivity contribution in [3.63, 3.8) is 0 Å². The molecule has 0 aliphatic carbocycles. The Hall–Kier alpha value is -2.54. The molecule has 0 saturated heterocycles. The van der Waals surface area contributed by atoms with Gasteiger partial charge in [-0.2, -0.15) is 5.26 Å². The maximum atomic E-state index is 8.96. The number of aromatic nitrogens is 1. The van der Waals surface area contributed by atoms with E-state index in [2.05, 4.69) is 11.1 Å². The van der Waals surface area contributed by atoms with Crippen LogP contribution >= 0.6 is 0 Å². The highest BCUT2D eigenvalue weighted by molar-refractivity contribution is 5.75. The van der Waals surface area contributed by atoms with Gasteiger partial charge >= 0.3 is 0 Å². The molecule has 4 heteroatoms. The largest absolute Gasteiger partial charge is 0.395 e. The zero-order valence-corrected chi connectivity index (χ0v) is 10.4. The Balaban J connectivity index is 2.47. The van der Waals surface area contributed by atoms with Crippen LogP contribution in [0.25, 0.3) is 0 Å². The van der Waals surface area contributed by atoms with E-state index in [1.165, 1.54) is 0 Å². The number of hydrogen-bond acceptors (Lipinski definition) is 4. The summed E-state index contributed by atoms with van der Waals surface area (Å²) in [4.78, 5) is 6.12. The van der Waals surface area contributed by atoms with Crippen molar-refractivity contribution in [2.24, 2.45) is 0 Å². The third-order valence-corrected chi connectivity index (χ3v) is 2.80. The Morgan fingerprint density at radius 2 is 2.11 bits per heavy atom. The van der Waals surface area contributed by atoms with Crippen molar-refractivity contribution in [3.8, 4) is 6.07 Å². The number of nitrogens with two attached hydrogens (primary N) is 1. The van der Waals surface area contributed by atoms with Crippen molar-refractivity contribution in [2.45, 2.75) is 6.92 Å². The van der Waals surface area contributed by atoms with Crippen molar-refractivity contribution in [1.82, 2.24) is 4.98 Å². The first-order chi connectivity index (χ1) is 8.63. The Bertz CT molecular complexity index is 613. The molecule has 0 unspecified atom stereocenters. The van der Waals surface area contributed by atoms with Gasteiger partial charge in [-0.05, 0) is 30.7 Å². The maximum absolute atomic E-state index is 8.96. The lowest BCUT2D eigenvalue weighted by Crippen LogP contribution is -2.14. The predicted molar refractivity (Wildman–Crippen MR) is 72.6 cm³/mol. The zero-order chi connectivity index (χ0) is 13.1. The molecule has 0 fully saturated rings. The number of rotatable bonds is 2. The Kier molecular flexibility index (Phi) is 3.16. The summed E-state index contributed by atoms with van der Waals surface area (Å²) in [7, 11) is 1.88. The third-order valence-electron chi connectivity index (χ3n) is 2.80. The van der Waals surface area contributed by atoms with Gasteiger partial charge in [0.2, 0.25) is 0 Å². The summed E-state index contributed by atoms with van der Waals surface area (Å²) in [5, 5.41) is 8.96. The van der Waals surface area contributed by atoms with E-state index >= 15 is 0 Å². The first kappa shape index (κ1) is 11.9. The quantitative estimate of drug-likeness (QED) is 0.873. The van der Waals surface area contributed by atoms with Crippen LogP contribution < -0.4 is 10.6 Å². The summed E-state index contributed by atoms with van der Waals surface area (Å²) < 4.78 is 0. The van der Waals surface area contributed by atoms with Crippen LogP contribution in [0.5, 0.6) is 0 Å². The number of hydrogen-bond donors (Lipinski definition) is 1. The van der Waals surface area contributed by atoms with Gasteiger partial charge in [-0.15, -0.1) is 0 Å². The van der Waals surface area contributed by atoms with Crippen molar-refractivity contribution in [2.75, 3.05) is 17.7 Å². The van der Waals surface area contributed by atoms with E-state index < -0.39 is 0 Å². The van der Waals surface area contributed by atoms with Crippen molar-refractivity contribution >= 4 is 17.2 Å². The van der Waals surface area contributed by atoms with Crippen molar-refractivity contribution < 1.29 is 0 Å². The van der Waals surface area contributed by atoms with Gasteiger partial charge in [0, 0.05) is 18.9 Å². The molecule has 1 aromatic carbocycles. The molecule has 0 spiro atoms. The summed E-state index contributed by atoms with van der Waals surface area (Å²) in [5.41, 5.74) is 8.95. The topological polar surface area (TPSA) is 65.9 Å². The second-order valence-electron chi connectivity index (χ2n) is 4.11. The van der Waals surface area contributed by atoms with Crippen LogP contribution in [-0.4, -0.2) is 12.0 Å². The second kappa shape index (κ2) is 4.76. The zero-order valence-electron chi connectivity index (χ0n) is 10.4. The average molecular weight is 238 g/mol. The SMILES string of the molecule is Cc1cccc(N(C)c2nccc(C#N)c2N)c1. The van der Waals surface area contributed by atoms with E-state index in [-0.39, 0.29) is 0 Å². The normalized spacial score (nSPS) is 9.83. The van der Waals surface area contributed by atoms with E-state index in [0.29, 0.717) is 17.1 Å². The average Bonchev–Trinajstić information content (AvgIpc) is 2.38. The molecular weight excluding hydrogens is 224 g/mol. The highest BCUT2D eigenvalue weighted by Gasteiger charge is 2.12. The smallest absolute Gasteiger partial charge is 0.157 e. The van der Waals surface area contributed by atoms with Crippen LogP contribution in [0, 0.1) is 18.3 Å². The number of anilines is 3. The van der Waals surface area contributed by atoms with Crippen LogP contribution in [0.3, 0.4) is 0 Å². The highest BCUT2D eigenvalue weighted by atomic mass is 15.2. The van der Waals surface area contributed by atoms with Crippen LogP contribution in [0.4, 0.5) is 17.2 Å². The molecule has 0 radical (unpaired) electrons. The van der Waals surface area contributed by atoms with E-state index in [1.807, 2.05) is 43.1 Å². The molecule has 0 saturated carbocycles. The van der Waals surface area contributed by atoms with Crippen molar-refractivity contribution in [1.29, 1.82) is 5.26 Å². The lowest BCUT2D eigenvalue weighted by atomic mass is 10.2. The summed E-state index contributed by atoms with van der Waals surface area (Å²) in [6, 6.07) is 11.7.